The summed E-state index contributed by atoms with van der Waals surface area (Å²) in [4.78, 5) is 11.1. The van der Waals surface area contributed by atoms with E-state index in [1.165, 1.54) is 0 Å². The molecule has 1 amide bonds. The van der Waals surface area contributed by atoms with Gasteiger partial charge in [0.15, 0.2) is 0 Å². The molecule has 0 aliphatic rings. The standard InChI is InChI=1S/C10H16ClN3O/c1-7(2)6-14-8(3)9(5-12-14)13-10(15)4-11/h5,7H,4,6H2,1-3H3,(H,13,15). The summed E-state index contributed by atoms with van der Waals surface area (Å²) >= 11 is 5.41. The predicted octanol–water partition coefficient (Wildman–Crippen LogP) is 2.02. The second-order valence-electron chi connectivity index (χ2n) is 3.90. The lowest BCUT2D eigenvalue weighted by Gasteiger charge is -2.08. The van der Waals surface area contributed by atoms with E-state index in [9.17, 15) is 4.79 Å². The third kappa shape index (κ3) is 3.23. The summed E-state index contributed by atoms with van der Waals surface area (Å²) in [5, 5.41) is 6.90. The number of aromatic nitrogens is 2. The number of hydrogen-bond donors (Lipinski definition) is 1. The van der Waals surface area contributed by atoms with Gasteiger partial charge in [-0.3, -0.25) is 9.48 Å². The molecule has 0 saturated heterocycles. The van der Waals surface area contributed by atoms with Crippen LogP contribution in [0.5, 0.6) is 0 Å². The van der Waals surface area contributed by atoms with Crippen LogP contribution in [0.25, 0.3) is 0 Å². The van der Waals surface area contributed by atoms with Crippen LogP contribution < -0.4 is 5.32 Å². The number of alkyl halides is 1. The lowest BCUT2D eigenvalue weighted by Crippen LogP contribution is -2.14. The minimum atomic E-state index is -0.205. The SMILES string of the molecule is Cc1c(NC(=O)CCl)cnn1CC(C)C. The van der Waals surface area contributed by atoms with Crippen molar-refractivity contribution in [3.63, 3.8) is 0 Å². The number of anilines is 1. The van der Waals surface area contributed by atoms with Crippen molar-refractivity contribution in [1.82, 2.24) is 9.78 Å². The molecule has 1 aromatic rings. The van der Waals surface area contributed by atoms with Crippen molar-refractivity contribution in [2.24, 2.45) is 5.92 Å². The van der Waals surface area contributed by atoms with Gasteiger partial charge in [-0.05, 0) is 12.8 Å². The normalized spacial score (nSPS) is 10.7. The molecule has 1 heterocycles. The molecule has 1 rings (SSSR count). The lowest BCUT2D eigenvalue weighted by molar-refractivity contribution is -0.113. The summed E-state index contributed by atoms with van der Waals surface area (Å²) in [6.45, 7) is 7.03. The Morgan fingerprint density at radius 3 is 2.87 bits per heavy atom. The molecule has 0 aliphatic heterocycles. The van der Waals surface area contributed by atoms with Gasteiger partial charge in [-0.1, -0.05) is 13.8 Å². The van der Waals surface area contributed by atoms with E-state index in [1.807, 2.05) is 11.6 Å². The topological polar surface area (TPSA) is 46.9 Å². The van der Waals surface area contributed by atoms with Crippen molar-refractivity contribution in [3.05, 3.63) is 11.9 Å². The zero-order valence-corrected chi connectivity index (χ0v) is 10.0. The summed E-state index contributed by atoms with van der Waals surface area (Å²) in [6, 6.07) is 0. The highest BCUT2D eigenvalue weighted by molar-refractivity contribution is 6.29. The van der Waals surface area contributed by atoms with Crippen molar-refractivity contribution >= 4 is 23.2 Å². The highest BCUT2D eigenvalue weighted by atomic mass is 35.5. The molecule has 0 fully saturated rings. The fraction of sp³-hybridized carbons (Fsp3) is 0.600. The Morgan fingerprint density at radius 2 is 2.33 bits per heavy atom. The maximum Gasteiger partial charge on any atom is 0.239 e. The van der Waals surface area contributed by atoms with Gasteiger partial charge in [0.25, 0.3) is 0 Å². The van der Waals surface area contributed by atoms with Gasteiger partial charge in [-0.25, -0.2) is 0 Å². The van der Waals surface area contributed by atoms with E-state index in [4.69, 9.17) is 11.6 Å². The van der Waals surface area contributed by atoms with Crippen LogP contribution in [0.4, 0.5) is 5.69 Å². The number of nitrogens with zero attached hydrogens (tertiary/aromatic N) is 2. The minimum Gasteiger partial charge on any atom is -0.322 e. The summed E-state index contributed by atoms with van der Waals surface area (Å²) in [5.74, 6) is 0.290. The molecule has 0 spiro atoms. The van der Waals surface area contributed by atoms with Crippen molar-refractivity contribution in [2.75, 3.05) is 11.2 Å². The molecule has 1 aromatic heterocycles. The van der Waals surface area contributed by atoms with Gasteiger partial charge in [0.05, 0.1) is 17.6 Å². The summed E-state index contributed by atoms with van der Waals surface area (Å²) in [6.07, 6.45) is 1.65. The molecule has 0 saturated carbocycles. The zero-order valence-electron chi connectivity index (χ0n) is 9.25. The van der Waals surface area contributed by atoms with Gasteiger partial charge in [0.1, 0.15) is 5.88 Å². The van der Waals surface area contributed by atoms with E-state index >= 15 is 0 Å². The van der Waals surface area contributed by atoms with E-state index in [2.05, 4.69) is 24.3 Å². The second kappa shape index (κ2) is 5.16. The molecule has 0 aromatic carbocycles. The number of rotatable bonds is 4. The van der Waals surface area contributed by atoms with Gasteiger partial charge in [0, 0.05) is 6.54 Å². The van der Waals surface area contributed by atoms with Crippen LogP contribution in [0.2, 0.25) is 0 Å². The van der Waals surface area contributed by atoms with Gasteiger partial charge in [-0.2, -0.15) is 5.10 Å². The van der Waals surface area contributed by atoms with Gasteiger partial charge >= 0.3 is 0 Å². The number of amides is 1. The fourth-order valence-electron chi connectivity index (χ4n) is 1.28. The van der Waals surface area contributed by atoms with E-state index in [1.54, 1.807) is 6.20 Å². The molecule has 0 bridgehead atoms. The van der Waals surface area contributed by atoms with E-state index in [-0.39, 0.29) is 11.8 Å². The highest BCUT2D eigenvalue weighted by Crippen LogP contribution is 2.14. The maximum atomic E-state index is 11.1. The molecule has 1 N–H and O–H groups in total. The first-order valence-electron chi connectivity index (χ1n) is 4.92. The third-order valence-electron chi connectivity index (χ3n) is 2.04. The van der Waals surface area contributed by atoms with Gasteiger partial charge < -0.3 is 5.32 Å². The van der Waals surface area contributed by atoms with Crippen LogP contribution >= 0.6 is 11.6 Å². The Morgan fingerprint density at radius 1 is 1.67 bits per heavy atom. The Balaban J connectivity index is 2.75. The predicted molar refractivity (Wildman–Crippen MR) is 61.2 cm³/mol. The number of carbonyl (C=O) groups is 1. The maximum absolute atomic E-state index is 11.1. The molecule has 0 radical (unpaired) electrons. The Hall–Kier alpha value is -1.03. The van der Waals surface area contributed by atoms with Crippen LogP contribution in [-0.4, -0.2) is 21.6 Å². The van der Waals surface area contributed by atoms with Crippen molar-refractivity contribution < 1.29 is 4.79 Å². The quantitative estimate of drug-likeness (QED) is 0.803. The van der Waals surface area contributed by atoms with Crippen LogP contribution in [0, 0.1) is 12.8 Å². The number of hydrogen-bond acceptors (Lipinski definition) is 2. The molecule has 0 aliphatic carbocycles. The lowest BCUT2D eigenvalue weighted by atomic mass is 10.2. The average Bonchev–Trinajstić information content (AvgIpc) is 2.49. The van der Waals surface area contributed by atoms with Gasteiger partial charge in [0.2, 0.25) is 5.91 Å². The van der Waals surface area contributed by atoms with E-state index in [0.29, 0.717) is 5.92 Å². The molecule has 15 heavy (non-hydrogen) atoms. The summed E-state index contributed by atoms with van der Waals surface area (Å²) in [5.41, 5.74) is 1.70. The number of carbonyl (C=O) groups excluding carboxylic acids is 1. The van der Waals surface area contributed by atoms with Crippen molar-refractivity contribution in [3.8, 4) is 0 Å². The number of nitrogens with one attached hydrogen (secondary N) is 1. The smallest absolute Gasteiger partial charge is 0.239 e. The molecular formula is C10H16ClN3O. The Bertz CT molecular complexity index is 346. The van der Waals surface area contributed by atoms with Crippen LogP contribution in [0.3, 0.4) is 0 Å². The molecular weight excluding hydrogens is 214 g/mol. The molecule has 84 valence electrons. The Labute approximate surface area is 94.6 Å². The van der Waals surface area contributed by atoms with Crippen molar-refractivity contribution in [1.29, 1.82) is 0 Å². The first-order valence-corrected chi connectivity index (χ1v) is 5.46. The fourth-order valence-corrected chi connectivity index (χ4v) is 1.35. The van der Waals surface area contributed by atoms with Gasteiger partial charge in [-0.15, -0.1) is 11.6 Å². The zero-order chi connectivity index (χ0) is 11.4. The summed E-state index contributed by atoms with van der Waals surface area (Å²) in [7, 11) is 0. The molecule has 0 unspecified atom stereocenters. The van der Waals surface area contributed by atoms with Crippen molar-refractivity contribution in [2.45, 2.75) is 27.3 Å². The monoisotopic (exact) mass is 229 g/mol. The third-order valence-corrected chi connectivity index (χ3v) is 2.28. The first-order chi connectivity index (χ1) is 7.04. The van der Waals surface area contributed by atoms with E-state index < -0.39 is 0 Å². The minimum absolute atomic E-state index is 0.0329. The van der Waals surface area contributed by atoms with Crippen LogP contribution in [0.15, 0.2) is 6.20 Å². The van der Waals surface area contributed by atoms with Crippen LogP contribution in [0.1, 0.15) is 19.5 Å². The average molecular weight is 230 g/mol. The molecule has 5 heteroatoms. The first kappa shape index (κ1) is 12.0. The highest BCUT2D eigenvalue weighted by Gasteiger charge is 2.09. The second-order valence-corrected chi connectivity index (χ2v) is 4.17. The molecule has 4 nitrogen and oxygen atoms in total. The molecule has 0 atom stereocenters. The Kier molecular flexibility index (Phi) is 4.15. The van der Waals surface area contributed by atoms with E-state index in [0.717, 1.165) is 17.9 Å². The largest absolute Gasteiger partial charge is 0.322 e. The number of halogens is 1. The summed E-state index contributed by atoms with van der Waals surface area (Å²) < 4.78 is 1.88. The van der Waals surface area contributed by atoms with Crippen LogP contribution in [-0.2, 0) is 11.3 Å².